The summed E-state index contributed by atoms with van der Waals surface area (Å²) in [5.74, 6) is 0.416. The number of esters is 1. The van der Waals surface area contributed by atoms with Gasteiger partial charge in [-0.05, 0) is 63.8 Å². The number of epoxide rings is 2. The largest absolute Gasteiger partial charge is 0.456 e. The summed E-state index contributed by atoms with van der Waals surface area (Å²) in [6, 6.07) is 7.53. The summed E-state index contributed by atoms with van der Waals surface area (Å²) in [4.78, 5) is 12.6. The van der Waals surface area contributed by atoms with Gasteiger partial charge in [-0.2, -0.15) is 0 Å². The normalized spacial score (nSPS) is 34.8. The molecule has 1 aliphatic carbocycles. The highest BCUT2D eigenvalue weighted by Gasteiger charge is 2.72. The first kappa shape index (κ1) is 24.3. The van der Waals surface area contributed by atoms with Crippen LogP contribution in [0.2, 0.25) is 0 Å². The van der Waals surface area contributed by atoms with E-state index in [-0.39, 0.29) is 41.4 Å². The van der Waals surface area contributed by atoms with Gasteiger partial charge < -0.3 is 23.1 Å². The van der Waals surface area contributed by atoms with Crippen molar-refractivity contribution in [3.8, 4) is 5.75 Å². The molecule has 3 aliphatic rings. The zero-order valence-corrected chi connectivity index (χ0v) is 20.9. The molecule has 1 saturated carbocycles. The Morgan fingerprint density at radius 3 is 2.61 bits per heavy atom. The summed E-state index contributed by atoms with van der Waals surface area (Å²) in [5.41, 5.74) is 1.61. The van der Waals surface area contributed by atoms with E-state index in [9.17, 15) is 4.79 Å². The van der Waals surface area contributed by atoms with Gasteiger partial charge in [0.2, 0.25) is 0 Å². The van der Waals surface area contributed by atoms with Gasteiger partial charge in [-0.25, -0.2) is 4.79 Å². The zero-order chi connectivity index (χ0) is 23.6. The Morgan fingerprint density at radius 1 is 1.27 bits per heavy atom. The molecule has 2 saturated heterocycles. The molecule has 1 aromatic carbocycles. The van der Waals surface area contributed by atoms with Crippen LogP contribution in [0, 0.1) is 5.92 Å². The maximum Gasteiger partial charge on any atom is 0.331 e. The highest BCUT2D eigenvalue weighted by molar-refractivity contribution is 7.94. The lowest BCUT2D eigenvalue weighted by Crippen LogP contribution is -2.55. The van der Waals surface area contributed by atoms with Crippen molar-refractivity contribution in [3.63, 3.8) is 0 Å². The van der Waals surface area contributed by atoms with Crippen LogP contribution in [0.1, 0.15) is 45.6 Å². The van der Waals surface area contributed by atoms with Crippen LogP contribution in [-0.4, -0.2) is 55.5 Å². The number of hydrogen-bond acceptors (Lipinski definition) is 7. The second-order valence-electron chi connectivity index (χ2n) is 9.51. The standard InChI is InChI=1S/C26H34O6S/c1-17(2)6-12-21-25(3,31-21)24-23(28-4)20(14-15-26(24)16-29-26)30-22(27)13-9-18-7-10-19(11-8-18)32-33-5/h6-11,13,20-21,23-24H,12,14-16H2,1-5H3/b13-9+/t20-,21+,23-,24-,25?,26+/m1/s1. The fourth-order valence-electron chi connectivity index (χ4n) is 5.15. The van der Waals surface area contributed by atoms with Gasteiger partial charge in [0.1, 0.15) is 29.2 Å². The van der Waals surface area contributed by atoms with E-state index in [1.54, 1.807) is 13.2 Å². The first-order chi connectivity index (χ1) is 15.8. The number of benzene rings is 1. The van der Waals surface area contributed by atoms with E-state index in [1.165, 1.54) is 23.7 Å². The van der Waals surface area contributed by atoms with Crippen molar-refractivity contribution >= 4 is 24.1 Å². The number of carbonyl (C=O) groups excluding carboxylic acids is 1. The molecule has 1 spiro atoms. The molecule has 0 aromatic heterocycles. The Hall–Kier alpha value is -1.80. The molecule has 2 aliphatic heterocycles. The average molecular weight is 475 g/mol. The number of allylic oxidation sites excluding steroid dienone is 1. The van der Waals surface area contributed by atoms with Crippen molar-refractivity contribution < 1.29 is 27.9 Å². The van der Waals surface area contributed by atoms with E-state index in [0.29, 0.717) is 13.0 Å². The monoisotopic (exact) mass is 474 g/mol. The molecule has 7 heteroatoms. The quantitative estimate of drug-likeness (QED) is 0.164. The molecule has 0 amide bonds. The molecule has 2 heterocycles. The van der Waals surface area contributed by atoms with Gasteiger partial charge in [0.05, 0.1) is 30.7 Å². The van der Waals surface area contributed by atoms with Crippen molar-refractivity contribution in [2.45, 2.75) is 69.5 Å². The molecule has 33 heavy (non-hydrogen) atoms. The van der Waals surface area contributed by atoms with Crippen molar-refractivity contribution in [2.75, 3.05) is 20.0 Å². The number of carbonyl (C=O) groups is 1. The van der Waals surface area contributed by atoms with Gasteiger partial charge in [-0.1, -0.05) is 23.8 Å². The minimum atomic E-state index is -0.374. The van der Waals surface area contributed by atoms with Crippen molar-refractivity contribution in [1.82, 2.24) is 0 Å². The Bertz CT molecular complexity index is 902. The highest BCUT2D eigenvalue weighted by Crippen LogP contribution is 2.59. The summed E-state index contributed by atoms with van der Waals surface area (Å²) in [6.45, 7) is 7.05. The topological polar surface area (TPSA) is 69.8 Å². The lowest BCUT2D eigenvalue weighted by molar-refractivity contribution is -0.166. The predicted molar refractivity (Wildman–Crippen MR) is 129 cm³/mol. The maximum atomic E-state index is 12.6. The van der Waals surface area contributed by atoms with Crippen molar-refractivity contribution in [2.24, 2.45) is 5.92 Å². The Morgan fingerprint density at radius 2 is 2.00 bits per heavy atom. The van der Waals surface area contributed by atoms with E-state index in [1.807, 2.05) is 30.5 Å². The summed E-state index contributed by atoms with van der Waals surface area (Å²) in [5, 5.41) is 0. The first-order valence-corrected chi connectivity index (χ1v) is 12.6. The van der Waals surface area contributed by atoms with Crippen LogP contribution in [0.4, 0.5) is 0 Å². The second-order valence-corrected chi connectivity index (χ2v) is 10.0. The number of hydrogen-bond donors (Lipinski definition) is 0. The lowest BCUT2D eigenvalue weighted by atomic mass is 9.68. The lowest BCUT2D eigenvalue weighted by Gasteiger charge is -2.42. The van der Waals surface area contributed by atoms with Crippen molar-refractivity contribution in [1.29, 1.82) is 0 Å². The molecular formula is C26H34O6S. The smallest absolute Gasteiger partial charge is 0.331 e. The average Bonchev–Trinajstić information content (AvgIpc) is 3.70. The Balaban J connectivity index is 1.42. The zero-order valence-electron chi connectivity index (χ0n) is 20.0. The SMILES string of the molecule is CO[C@H]1[C@H](C2(C)O[C@H]2CC=C(C)C)[C@]2(CC[C@H]1OC(=O)/C=C/c1ccc(OSC)cc1)CO2. The van der Waals surface area contributed by atoms with Crippen LogP contribution >= 0.6 is 12.0 Å². The Kier molecular flexibility index (Phi) is 7.24. The highest BCUT2D eigenvalue weighted by atomic mass is 32.2. The summed E-state index contributed by atoms with van der Waals surface area (Å²) < 4.78 is 29.4. The first-order valence-electron chi connectivity index (χ1n) is 11.5. The van der Waals surface area contributed by atoms with Crippen LogP contribution in [0.15, 0.2) is 42.0 Å². The van der Waals surface area contributed by atoms with Gasteiger partial charge in [-0.15, -0.1) is 0 Å². The molecule has 0 bridgehead atoms. The molecule has 0 radical (unpaired) electrons. The molecule has 1 unspecified atom stereocenters. The molecule has 1 aromatic rings. The van der Waals surface area contributed by atoms with E-state index in [4.69, 9.17) is 23.1 Å². The molecule has 6 atom stereocenters. The van der Waals surface area contributed by atoms with E-state index < -0.39 is 0 Å². The second kappa shape index (κ2) is 9.82. The van der Waals surface area contributed by atoms with E-state index >= 15 is 0 Å². The van der Waals surface area contributed by atoms with Gasteiger partial charge in [0.15, 0.2) is 0 Å². The minimum Gasteiger partial charge on any atom is -0.456 e. The van der Waals surface area contributed by atoms with Crippen molar-refractivity contribution in [3.05, 3.63) is 47.6 Å². The molecule has 6 nitrogen and oxygen atoms in total. The van der Waals surface area contributed by atoms with Crippen LogP contribution in [-0.2, 0) is 23.7 Å². The van der Waals surface area contributed by atoms with Gasteiger partial charge in [0, 0.05) is 19.4 Å². The fraction of sp³-hybridized carbons (Fsp3) is 0.577. The number of ether oxygens (including phenoxy) is 4. The third-order valence-electron chi connectivity index (χ3n) is 6.98. The fourth-order valence-corrected chi connectivity index (χ4v) is 5.46. The predicted octanol–water partition coefficient (Wildman–Crippen LogP) is 4.98. The summed E-state index contributed by atoms with van der Waals surface area (Å²) in [7, 11) is 1.69. The van der Waals surface area contributed by atoms with Gasteiger partial charge in [-0.3, -0.25) is 0 Å². The minimum absolute atomic E-state index is 0.0186. The maximum absolute atomic E-state index is 12.6. The number of rotatable bonds is 9. The van der Waals surface area contributed by atoms with Crippen LogP contribution in [0.3, 0.4) is 0 Å². The molecule has 0 N–H and O–H groups in total. The molecule has 3 fully saturated rings. The van der Waals surface area contributed by atoms with Gasteiger partial charge >= 0.3 is 5.97 Å². The Labute approximate surface area is 200 Å². The van der Waals surface area contributed by atoms with Crippen LogP contribution in [0.5, 0.6) is 5.75 Å². The molecule has 4 rings (SSSR count). The summed E-state index contributed by atoms with van der Waals surface area (Å²) in [6.07, 6.45) is 9.23. The number of methoxy groups -OCH3 is 1. The molecular weight excluding hydrogens is 440 g/mol. The van der Waals surface area contributed by atoms with E-state index in [0.717, 1.165) is 24.2 Å². The third kappa shape index (κ3) is 5.32. The molecule has 180 valence electrons. The third-order valence-corrected chi connectivity index (χ3v) is 7.34. The van der Waals surface area contributed by atoms with Crippen LogP contribution in [0.25, 0.3) is 6.08 Å². The van der Waals surface area contributed by atoms with Crippen LogP contribution < -0.4 is 4.18 Å². The summed E-state index contributed by atoms with van der Waals surface area (Å²) >= 11 is 1.29. The van der Waals surface area contributed by atoms with Gasteiger partial charge in [0.25, 0.3) is 0 Å². The van der Waals surface area contributed by atoms with E-state index in [2.05, 4.69) is 26.8 Å².